The van der Waals surface area contributed by atoms with Gasteiger partial charge in [0.1, 0.15) is 10.3 Å². The molecule has 2 unspecified atom stereocenters. The van der Waals surface area contributed by atoms with Crippen LogP contribution < -0.4 is 5.32 Å². The summed E-state index contributed by atoms with van der Waals surface area (Å²) in [6.45, 7) is 0. The number of carbonyl (C=O) groups is 2. The molecule has 1 aliphatic carbocycles. The average molecular weight is 303 g/mol. The molecule has 19 heavy (non-hydrogen) atoms. The fourth-order valence-electron chi connectivity index (χ4n) is 2.26. The SMILES string of the molecule is O=C(NC1CCCC1C(=O)O)c1ccc(Cl)nc1Cl. The van der Waals surface area contributed by atoms with Crippen LogP contribution in [0.3, 0.4) is 0 Å². The third-order valence-corrected chi connectivity index (χ3v) is 3.71. The first-order valence-corrected chi connectivity index (χ1v) is 6.60. The lowest BCUT2D eigenvalue weighted by molar-refractivity contribution is -0.142. The summed E-state index contributed by atoms with van der Waals surface area (Å²) < 4.78 is 0. The van der Waals surface area contributed by atoms with Crippen LogP contribution in [0.1, 0.15) is 29.6 Å². The number of rotatable bonds is 3. The Kier molecular flexibility index (Phi) is 4.27. The molecular weight excluding hydrogens is 291 g/mol. The molecule has 0 bridgehead atoms. The molecule has 5 nitrogen and oxygen atoms in total. The van der Waals surface area contributed by atoms with E-state index in [9.17, 15) is 9.59 Å². The zero-order chi connectivity index (χ0) is 14.0. The van der Waals surface area contributed by atoms with Gasteiger partial charge in [0.2, 0.25) is 0 Å². The van der Waals surface area contributed by atoms with Crippen molar-refractivity contribution in [2.75, 3.05) is 0 Å². The molecule has 1 aliphatic rings. The normalized spacial score (nSPS) is 22.2. The lowest BCUT2D eigenvalue weighted by Gasteiger charge is -2.17. The number of carboxylic acids is 1. The van der Waals surface area contributed by atoms with E-state index in [1.54, 1.807) is 0 Å². The maximum Gasteiger partial charge on any atom is 0.308 e. The first kappa shape index (κ1) is 14.1. The van der Waals surface area contributed by atoms with E-state index < -0.39 is 17.8 Å². The van der Waals surface area contributed by atoms with Crippen LogP contribution in [0.15, 0.2) is 12.1 Å². The maximum atomic E-state index is 12.0. The number of amides is 1. The molecule has 1 aromatic rings. The average Bonchev–Trinajstić information content (AvgIpc) is 2.76. The van der Waals surface area contributed by atoms with Crippen LogP contribution in [0.25, 0.3) is 0 Å². The Bertz CT molecular complexity index is 522. The Morgan fingerprint density at radius 2 is 2.05 bits per heavy atom. The molecule has 1 heterocycles. The van der Waals surface area contributed by atoms with Crippen molar-refractivity contribution in [3.8, 4) is 0 Å². The highest BCUT2D eigenvalue weighted by Gasteiger charge is 2.34. The van der Waals surface area contributed by atoms with Gasteiger partial charge in [-0.25, -0.2) is 4.98 Å². The van der Waals surface area contributed by atoms with Gasteiger partial charge in [0.25, 0.3) is 5.91 Å². The molecular formula is C12H12Cl2N2O3. The fraction of sp³-hybridized carbons (Fsp3) is 0.417. The molecule has 2 rings (SSSR count). The summed E-state index contributed by atoms with van der Waals surface area (Å²) in [7, 11) is 0. The summed E-state index contributed by atoms with van der Waals surface area (Å²) in [5.41, 5.74) is 0.196. The minimum Gasteiger partial charge on any atom is -0.481 e. The Balaban J connectivity index is 2.10. The number of carboxylic acid groups (broad SMARTS) is 1. The fourth-order valence-corrected chi connectivity index (χ4v) is 2.69. The van der Waals surface area contributed by atoms with Crippen molar-refractivity contribution in [1.82, 2.24) is 10.3 Å². The Morgan fingerprint density at radius 1 is 1.32 bits per heavy atom. The van der Waals surface area contributed by atoms with Crippen LogP contribution in [0.5, 0.6) is 0 Å². The van der Waals surface area contributed by atoms with Gasteiger partial charge >= 0.3 is 5.97 Å². The first-order chi connectivity index (χ1) is 8.99. The number of pyridine rings is 1. The van der Waals surface area contributed by atoms with E-state index in [4.69, 9.17) is 28.3 Å². The van der Waals surface area contributed by atoms with Gasteiger partial charge in [-0.3, -0.25) is 9.59 Å². The quantitative estimate of drug-likeness (QED) is 0.840. The van der Waals surface area contributed by atoms with E-state index in [2.05, 4.69) is 10.3 Å². The van der Waals surface area contributed by atoms with Crippen LogP contribution in [0.2, 0.25) is 10.3 Å². The zero-order valence-electron chi connectivity index (χ0n) is 9.90. The largest absolute Gasteiger partial charge is 0.481 e. The molecule has 0 aliphatic heterocycles. The predicted molar refractivity (Wildman–Crippen MR) is 70.5 cm³/mol. The Hall–Kier alpha value is -1.33. The van der Waals surface area contributed by atoms with Crippen molar-refractivity contribution in [3.63, 3.8) is 0 Å². The number of nitrogens with zero attached hydrogens (tertiary/aromatic N) is 1. The number of hydrogen-bond donors (Lipinski definition) is 2. The molecule has 102 valence electrons. The topological polar surface area (TPSA) is 79.3 Å². The Morgan fingerprint density at radius 3 is 2.68 bits per heavy atom. The first-order valence-electron chi connectivity index (χ1n) is 5.84. The highest BCUT2D eigenvalue weighted by Crippen LogP contribution is 2.26. The van der Waals surface area contributed by atoms with Crippen LogP contribution >= 0.6 is 23.2 Å². The summed E-state index contributed by atoms with van der Waals surface area (Å²) in [5, 5.41) is 12.0. The van der Waals surface area contributed by atoms with Crippen LogP contribution in [-0.4, -0.2) is 28.0 Å². The smallest absolute Gasteiger partial charge is 0.308 e. The van der Waals surface area contributed by atoms with E-state index in [1.165, 1.54) is 12.1 Å². The van der Waals surface area contributed by atoms with Gasteiger partial charge in [-0.15, -0.1) is 0 Å². The molecule has 0 aromatic carbocycles. The molecule has 0 radical (unpaired) electrons. The lowest BCUT2D eigenvalue weighted by atomic mass is 10.0. The number of halogens is 2. The molecule has 0 saturated heterocycles. The number of nitrogens with one attached hydrogen (secondary N) is 1. The van der Waals surface area contributed by atoms with E-state index in [0.717, 1.165) is 6.42 Å². The Labute approximate surface area is 119 Å². The zero-order valence-corrected chi connectivity index (χ0v) is 11.4. The predicted octanol–water partition coefficient (Wildman–Crippen LogP) is 2.37. The molecule has 2 atom stereocenters. The third-order valence-electron chi connectivity index (χ3n) is 3.21. The summed E-state index contributed by atoms with van der Waals surface area (Å²) in [4.78, 5) is 26.8. The molecule has 1 saturated carbocycles. The summed E-state index contributed by atoms with van der Waals surface area (Å²) in [5.74, 6) is -1.85. The van der Waals surface area contributed by atoms with Crippen molar-refractivity contribution >= 4 is 35.1 Å². The highest BCUT2D eigenvalue weighted by atomic mass is 35.5. The van der Waals surface area contributed by atoms with Gasteiger partial charge in [-0.05, 0) is 25.0 Å². The van der Waals surface area contributed by atoms with Gasteiger partial charge < -0.3 is 10.4 Å². The second kappa shape index (κ2) is 5.75. The minimum absolute atomic E-state index is 0.00914. The molecule has 1 amide bonds. The van der Waals surface area contributed by atoms with Crippen molar-refractivity contribution in [1.29, 1.82) is 0 Å². The number of aromatic nitrogens is 1. The number of carbonyl (C=O) groups excluding carboxylic acids is 1. The summed E-state index contributed by atoms with van der Waals surface area (Å²) in [6, 6.07) is 2.57. The highest BCUT2D eigenvalue weighted by molar-refractivity contribution is 6.34. The van der Waals surface area contributed by atoms with E-state index in [-0.39, 0.29) is 21.9 Å². The summed E-state index contributed by atoms with van der Waals surface area (Å²) in [6.07, 6.45) is 2.02. The van der Waals surface area contributed by atoms with Crippen molar-refractivity contribution in [2.45, 2.75) is 25.3 Å². The molecule has 0 spiro atoms. The minimum atomic E-state index is -0.886. The van der Waals surface area contributed by atoms with Crippen molar-refractivity contribution in [3.05, 3.63) is 28.0 Å². The maximum absolute atomic E-state index is 12.0. The second-order valence-electron chi connectivity index (χ2n) is 4.43. The number of hydrogen-bond acceptors (Lipinski definition) is 3. The van der Waals surface area contributed by atoms with Gasteiger partial charge in [0, 0.05) is 6.04 Å². The van der Waals surface area contributed by atoms with Gasteiger partial charge in [0.05, 0.1) is 11.5 Å². The van der Waals surface area contributed by atoms with Gasteiger partial charge in [-0.2, -0.15) is 0 Å². The molecule has 2 N–H and O–H groups in total. The van der Waals surface area contributed by atoms with E-state index in [0.29, 0.717) is 12.8 Å². The molecule has 7 heteroatoms. The standard InChI is InChI=1S/C12H12Cl2N2O3/c13-9-5-4-7(10(14)16-9)11(17)15-8-3-1-2-6(8)12(18)19/h4-6,8H,1-3H2,(H,15,17)(H,18,19). The number of aliphatic carboxylic acids is 1. The van der Waals surface area contributed by atoms with Crippen LogP contribution in [0, 0.1) is 5.92 Å². The van der Waals surface area contributed by atoms with Gasteiger partial charge in [-0.1, -0.05) is 29.6 Å². The van der Waals surface area contributed by atoms with Crippen LogP contribution in [0.4, 0.5) is 0 Å². The molecule has 1 aromatic heterocycles. The van der Waals surface area contributed by atoms with E-state index >= 15 is 0 Å². The third kappa shape index (κ3) is 3.16. The van der Waals surface area contributed by atoms with Crippen LogP contribution in [-0.2, 0) is 4.79 Å². The summed E-state index contributed by atoms with van der Waals surface area (Å²) >= 11 is 11.5. The van der Waals surface area contributed by atoms with E-state index in [1.807, 2.05) is 0 Å². The monoisotopic (exact) mass is 302 g/mol. The second-order valence-corrected chi connectivity index (χ2v) is 5.17. The lowest BCUT2D eigenvalue weighted by Crippen LogP contribution is -2.40. The molecule has 1 fully saturated rings. The van der Waals surface area contributed by atoms with Gasteiger partial charge in [0.15, 0.2) is 0 Å². The van der Waals surface area contributed by atoms with Crippen molar-refractivity contribution in [2.24, 2.45) is 5.92 Å². The van der Waals surface area contributed by atoms with Crippen molar-refractivity contribution < 1.29 is 14.7 Å².